The van der Waals surface area contributed by atoms with Gasteiger partial charge in [-0.2, -0.15) is 0 Å². The first-order valence-electron chi connectivity index (χ1n) is 3.40. The Kier molecular flexibility index (Phi) is 2.17. The highest BCUT2D eigenvalue weighted by molar-refractivity contribution is 7.91. The van der Waals surface area contributed by atoms with E-state index in [0.29, 0.717) is 6.42 Å². The number of sulfone groups is 1. The zero-order valence-corrected chi connectivity index (χ0v) is 6.76. The molecule has 1 fully saturated rings. The molecule has 0 aromatic rings. The first-order valence-corrected chi connectivity index (χ1v) is 5.22. The lowest BCUT2D eigenvalue weighted by Gasteiger charge is -2.06. The van der Waals surface area contributed by atoms with Gasteiger partial charge in [-0.05, 0) is 18.8 Å². The van der Waals surface area contributed by atoms with Gasteiger partial charge >= 0.3 is 0 Å². The molecule has 0 bridgehead atoms. The molecule has 0 aromatic carbocycles. The normalized spacial score (nSPS) is 28.5. The van der Waals surface area contributed by atoms with Crippen LogP contribution in [0, 0.1) is 5.92 Å². The fourth-order valence-corrected chi connectivity index (χ4v) is 3.13. The van der Waals surface area contributed by atoms with Crippen molar-refractivity contribution in [1.29, 1.82) is 0 Å². The maximum absolute atomic E-state index is 10.8. The van der Waals surface area contributed by atoms with Crippen LogP contribution in [0.5, 0.6) is 0 Å². The van der Waals surface area contributed by atoms with E-state index in [1.807, 2.05) is 0 Å². The van der Waals surface area contributed by atoms with Gasteiger partial charge in [-0.1, -0.05) is 0 Å². The molecule has 1 rings (SSSR count). The highest BCUT2D eigenvalue weighted by atomic mass is 32.2. The van der Waals surface area contributed by atoms with Crippen LogP contribution < -0.4 is 5.11 Å². The quantitative estimate of drug-likeness (QED) is 0.518. The van der Waals surface area contributed by atoms with Crippen LogP contribution in [-0.4, -0.2) is 25.9 Å². The fourth-order valence-electron chi connectivity index (χ4n) is 1.27. The van der Waals surface area contributed by atoms with Crippen LogP contribution in [0.4, 0.5) is 0 Å². The molecule has 0 radical (unpaired) electrons. The van der Waals surface area contributed by atoms with Gasteiger partial charge in [0.1, 0.15) is 0 Å². The van der Waals surface area contributed by atoms with Gasteiger partial charge in [0.05, 0.1) is 11.5 Å². The lowest BCUT2D eigenvalue weighted by atomic mass is 10.1. The van der Waals surface area contributed by atoms with Crippen molar-refractivity contribution in [1.82, 2.24) is 0 Å². The molecule has 0 amide bonds. The topological polar surface area (TPSA) is 74.3 Å². The number of carboxylic acid groups (broad SMARTS) is 1. The molecule has 0 unspecified atom stereocenters. The molecule has 1 aliphatic heterocycles. The molecule has 1 saturated heterocycles. The Morgan fingerprint density at radius 1 is 1.55 bits per heavy atom. The second kappa shape index (κ2) is 2.81. The summed E-state index contributed by atoms with van der Waals surface area (Å²) in [6.45, 7) is 0. The molecule has 0 saturated carbocycles. The van der Waals surface area contributed by atoms with Gasteiger partial charge in [-0.25, -0.2) is 8.42 Å². The monoisotopic (exact) mass is 177 g/mol. The summed E-state index contributed by atoms with van der Waals surface area (Å²) in [4.78, 5) is 10.1. The zero-order chi connectivity index (χ0) is 8.48. The van der Waals surface area contributed by atoms with E-state index >= 15 is 0 Å². The van der Waals surface area contributed by atoms with Crippen LogP contribution in [0.15, 0.2) is 0 Å². The van der Waals surface area contributed by atoms with Crippen molar-refractivity contribution >= 4 is 15.8 Å². The molecule has 64 valence electrons. The Labute approximate surface area is 65.1 Å². The molecule has 4 nitrogen and oxygen atoms in total. The Morgan fingerprint density at radius 2 is 2.18 bits per heavy atom. The number of hydrogen-bond donors (Lipinski definition) is 0. The van der Waals surface area contributed by atoms with E-state index in [1.165, 1.54) is 0 Å². The predicted octanol–water partition coefficient (Wildman–Crippen LogP) is -1.44. The molecule has 0 aliphatic carbocycles. The van der Waals surface area contributed by atoms with Crippen LogP contribution in [-0.2, 0) is 14.6 Å². The second-order valence-electron chi connectivity index (χ2n) is 2.85. The number of carbonyl (C=O) groups is 1. The molecular formula is C6H9O4S-. The van der Waals surface area contributed by atoms with E-state index in [0.717, 1.165) is 0 Å². The van der Waals surface area contributed by atoms with Gasteiger partial charge in [-0.15, -0.1) is 0 Å². The fraction of sp³-hybridized carbons (Fsp3) is 0.833. The zero-order valence-electron chi connectivity index (χ0n) is 5.95. The van der Waals surface area contributed by atoms with Crippen molar-refractivity contribution in [3.8, 4) is 0 Å². The summed E-state index contributed by atoms with van der Waals surface area (Å²) < 4.78 is 21.6. The summed E-state index contributed by atoms with van der Waals surface area (Å²) in [5.41, 5.74) is 0. The third kappa shape index (κ3) is 2.49. The Morgan fingerprint density at radius 3 is 2.55 bits per heavy atom. The smallest absolute Gasteiger partial charge is 0.150 e. The third-order valence-electron chi connectivity index (χ3n) is 1.78. The van der Waals surface area contributed by atoms with Crippen LogP contribution in [0.1, 0.15) is 12.8 Å². The summed E-state index contributed by atoms with van der Waals surface area (Å²) in [6.07, 6.45) is 0.343. The predicted molar refractivity (Wildman–Crippen MR) is 36.4 cm³/mol. The molecule has 11 heavy (non-hydrogen) atoms. The van der Waals surface area contributed by atoms with Crippen LogP contribution >= 0.6 is 0 Å². The van der Waals surface area contributed by atoms with E-state index in [4.69, 9.17) is 0 Å². The van der Waals surface area contributed by atoms with Gasteiger partial charge < -0.3 is 9.90 Å². The highest BCUT2D eigenvalue weighted by Gasteiger charge is 2.27. The first kappa shape index (κ1) is 8.52. The Bertz CT molecular complexity index is 254. The van der Waals surface area contributed by atoms with E-state index in [1.54, 1.807) is 0 Å². The number of carbonyl (C=O) groups excluding carboxylic acids is 1. The summed E-state index contributed by atoms with van der Waals surface area (Å²) in [6, 6.07) is 0. The molecular weight excluding hydrogens is 168 g/mol. The molecule has 1 heterocycles. The van der Waals surface area contributed by atoms with E-state index in [2.05, 4.69) is 0 Å². The van der Waals surface area contributed by atoms with Crippen molar-refractivity contribution in [2.75, 3.05) is 11.5 Å². The maximum atomic E-state index is 10.8. The van der Waals surface area contributed by atoms with Gasteiger partial charge in [0, 0.05) is 5.97 Å². The maximum Gasteiger partial charge on any atom is 0.150 e. The molecule has 1 aliphatic rings. The second-order valence-corrected chi connectivity index (χ2v) is 5.07. The van der Waals surface area contributed by atoms with Crippen molar-refractivity contribution in [2.24, 2.45) is 5.92 Å². The first-order chi connectivity index (χ1) is 4.99. The van der Waals surface area contributed by atoms with Crippen molar-refractivity contribution in [3.05, 3.63) is 0 Å². The highest BCUT2D eigenvalue weighted by Crippen LogP contribution is 2.20. The lowest BCUT2D eigenvalue weighted by molar-refractivity contribution is -0.306. The Hall–Kier alpha value is -0.580. The van der Waals surface area contributed by atoms with E-state index in [9.17, 15) is 18.3 Å². The van der Waals surface area contributed by atoms with Gasteiger partial charge in [-0.3, -0.25) is 0 Å². The molecule has 0 spiro atoms. The largest absolute Gasteiger partial charge is 0.550 e. The average molecular weight is 177 g/mol. The SMILES string of the molecule is O=C([O-])C[C@@H]1CCS(=O)(=O)C1. The molecule has 0 aromatic heterocycles. The van der Waals surface area contributed by atoms with Crippen LogP contribution in [0.25, 0.3) is 0 Å². The molecule has 1 atom stereocenters. The minimum Gasteiger partial charge on any atom is -0.550 e. The van der Waals surface area contributed by atoms with Crippen molar-refractivity contribution < 1.29 is 18.3 Å². The van der Waals surface area contributed by atoms with Gasteiger partial charge in [0.25, 0.3) is 0 Å². The van der Waals surface area contributed by atoms with E-state index in [-0.39, 0.29) is 23.8 Å². The molecule has 5 heteroatoms. The van der Waals surface area contributed by atoms with E-state index < -0.39 is 15.8 Å². The number of rotatable bonds is 2. The minimum atomic E-state index is -2.93. The van der Waals surface area contributed by atoms with Crippen LogP contribution in [0.3, 0.4) is 0 Å². The standard InChI is InChI=1S/C6H10O4S/c7-6(8)3-5-1-2-11(9,10)4-5/h5H,1-4H2,(H,7,8)/p-1/t5-/m0/s1. The van der Waals surface area contributed by atoms with Crippen molar-refractivity contribution in [2.45, 2.75) is 12.8 Å². The van der Waals surface area contributed by atoms with Gasteiger partial charge in [0.15, 0.2) is 9.84 Å². The summed E-state index contributed by atoms with van der Waals surface area (Å²) in [5, 5.41) is 10.1. The average Bonchev–Trinajstić information content (AvgIpc) is 2.08. The summed E-state index contributed by atoms with van der Waals surface area (Å²) in [5.74, 6) is -1.23. The molecule has 0 N–H and O–H groups in total. The minimum absolute atomic E-state index is 0.0149. The summed E-state index contributed by atoms with van der Waals surface area (Å²) in [7, 11) is -2.93. The Balaban J connectivity index is 2.49. The number of carboxylic acids is 1. The number of hydrogen-bond acceptors (Lipinski definition) is 4. The summed E-state index contributed by atoms with van der Waals surface area (Å²) >= 11 is 0. The lowest BCUT2D eigenvalue weighted by Crippen LogP contribution is -2.25. The van der Waals surface area contributed by atoms with Crippen molar-refractivity contribution in [3.63, 3.8) is 0 Å². The van der Waals surface area contributed by atoms with Crippen LogP contribution in [0.2, 0.25) is 0 Å². The number of aliphatic carboxylic acids is 1. The van der Waals surface area contributed by atoms with Gasteiger partial charge in [0.2, 0.25) is 0 Å². The third-order valence-corrected chi connectivity index (χ3v) is 3.62.